The van der Waals surface area contributed by atoms with Crippen molar-refractivity contribution >= 4 is 24.9 Å². The Morgan fingerprint density at radius 3 is 2.94 bits per heavy atom. The highest BCUT2D eigenvalue weighted by Crippen LogP contribution is 2.78. The van der Waals surface area contributed by atoms with Crippen LogP contribution in [0.5, 0.6) is 5.88 Å². The molecule has 2 aromatic rings. The summed E-state index contributed by atoms with van der Waals surface area (Å²) >= 11 is 0. The number of aromatic nitrogens is 4. The molecule has 31 heavy (non-hydrogen) atoms. The van der Waals surface area contributed by atoms with Gasteiger partial charge in [0, 0.05) is 6.42 Å². The Labute approximate surface area is 178 Å². The lowest BCUT2D eigenvalue weighted by Crippen LogP contribution is -2.46. The summed E-state index contributed by atoms with van der Waals surface area (Å²) in [6, 6.07) is 0. The molecule has 11 nitrogen and oxygen atoms in total. The summed E-state index contributed by atoms with van der Waals surface area (Å²) in [5.74, 6) is 0.265. The molecule has 5 atom stereocenters. The number of nitrogens with zero attached hydrogens (tertiary/aromatic N) is 4. The number of nitrogens with two attached hydrogens (primary N) is 1. The van der Waals surface area contributed by atoms with Crippen molar-refractivity contribution in [2.75, 3.05) is 25.6 Å². The third-order valence-electron chi connectivity index (χ3n) is 5.97. The fraction of sp³-hybridized carbons (Fsp3) is 0.722. The first-order valence-electron chi connectivity index (χ1n) is 10.2. The van der Waals surface area contributed by atoms with Crippen molar-refractivity contribution in [1.29, 1.82) is 0 Å². The second kappa shape index (κ2) is 6.58. The average molecular weight is 457 g/mol. The lowest BCUT2D eigenvalue weighted by atomic mass is 9.96. The van der Waals surface area contributed by atoms with E-state index >= 15 is 4.39 Å². The zero-order valence-corrected chi connectivity index (χ0v) is 18.6. The van der Waals surface area contributed by atoms with E-state index in [0.717, 1.165) is 0 Å². The van der Waals surface area contributed by atoms with Gasteiger partial charge in [-0.15, -0.1) is 0 Å². The van der Waals surface area contributed by atoms with Crippen LogP contribution in [-0.4, -0.2) is 56.2 Å². The third kappa shape index (κ3) is 2.85. The van der Waals surface area contributed by atoms with Gasteiger partial charge in [0.2, 0.25) is 11.8 Å². The first-order valence-corrected chi connectivity index (χ1v) is 11.6. The van der Waals surface area contributed by atoms with Crippen LogP contribution >= 0.6 is 7.82 Å². The van der Waals surface area contributed by atoms with Crippen LogP contribution in [0.1, 0.15) is 40.3 Å². The number of ether oxygens (including phenoxy) is 2. The van der Waals surface area contributed by atoms with E-state index in [4.69, 9.17) is 28.8 Å². The van der Waals surface area contributed by atoms with Crippen molar-refractivity contribution in [2.45, 2.75) is 57.2 Å². The molecule has 13 heteroatoms. The van der Waals surface area contributed by atoms with E-state index in [1.54, 1.807) is 6.92 Å². The second-order valence-corrected chi connectivity index (χ2v) is 10.3. The van der Waals surface area contributed by atoms with Gasteiger partial charge < -0.3 is 15.2 Å². The second-order valence-electron chi connectivity index (χ2n) is 8.69. The van der Waals surface area contributed by atoms with Gasteiger partial charge in [-0.3, -0.25) is 18.1 Å². The molecule has 1 unspecified atom stereocenters. The van der Waals surface area contributed by atoms with Crippen molar-refractivity contribution in [3.05, 3.63) is 6.33 Å². The average Bonchev–Trinajstić information content (AvgIpc) is 3.10. The highest BCUT2D eigenvalue weighted by Gasteiger charge is 2.90. The standard InChI is InChI=1S/C18H25FN5O6P/c1-5-26-13-11-12(22-15(20)23-13)24(9-21-11)14-16(4,19)18-7-17(18,29-14)8-28-31(25,30-18)27-6-10(2)3/h9-10,14H,5-8H2,1-4H3,(H2,20,22,23)/t14-,16+,17-,18+,31?/m1/s1. The lowest BCUT2D eigenvalue weighted by molar-refractivity contribution is -0.0956. The number of hydrogen-bond donors (Lipinski definition) is 1. The first-order chi connectivity index (χ1) is 14.6. The molecule has 0 bridgehead atoms. The fourth-order valence-electron chi connectivity index (χ4n) is 4.38. The molecule has 1 aliphatic carbocycles. The van der Waals surface area contributed by atoms with Crippen molar-refractivity contribution in [2.24, 2.45) is 5.92 Å². The molecule has 170 valence electrons. The molecule has 2 N–H and O–H groups in total. The molecule has 4 heterocycles. The van der Waals surface area contributed by atoms with Gasteiger partial charge in [0.1, 0.15) is 5.60 Å². The number of phosphoric acid groups is 1. The van der Waals surface area contributed by atoms with E-state index in [-0.39, 0.29) is 43.0 Å². The van der Waals surface area contributed by atoms with Gasteiger partial charge in [-0.2, -0.15) is 9.97 Å². The molecule has 0 radical (unpaired) electrons. The normalized spacial score (nSPS) is 39.0. The van der Waals surface area contributed by atoms with Crippen LogP contribution in [0.4, 0.5) is 10.3 Å². The number of halogens is 1. The number of alkyl halides is 1. The Balaban J connectivity index is 1.51. The number of imidazole rings is 1. The third-order valence-corrected chi connectivity index (χ3v) is 7.41. The maximum Gasteiger partial charge on any atom is 0.475 e. The molecule has 3 fully saturated rings. The van der Waals surface area contributed by atoms with Gasteiger partial charge >= 0.3 is 7.82 Å². The van der Waals surface area contributed by atoms with Crippen LogP contribution in [0, 0.1) is 5.92 Å². The molecule has 0 spiro atoms. The lowest BCUT2D eigenvalue weighted by Gasteiger charge is -2.34. The molecule has 0 aromatic carbocycles. The van der Waals surface area contributed by atoms with Crippen molar-refractivity contribution in [1.82, 2.24) is 19.5 Å². The first kappa shape index (κ1) is 21.0. The van der Waals surface area contributed by atoms with Crippen LogP contribution < -0.4 is 10.5 Å². The highest BCUT2D eigenvalue weighted by molar-refractivity contribution is 7.48. The van der Waals surface area contributed by atoms with Gasteiger partial charge in [0.25, 0.3) is 0 Å². The molecule has 2 aromatic heterocycles. The summed E-state index contributed by atoms with van der Waals surface area (Å²) in [4.78, 5) is 12.5. The Morgan fingerprint density at radius 1 is 1.45 bits per heavy atom. The molecule has 0 amide bonds. The van der Waals surface area contributed by atoms with E-state index in [1.165, 1.54) is 17.8 Å². The van der Waals surface area contributed by atoms with Crippen LogP contribution in [0.25, 0.3) is 11.2 Å². The van der Waals surface area contributed by atoms with E-state index < -0.39 is 30.9 Å². The summed E-state index contributed by atoms with van der Waals surface area (Å²) in [6.45, 7) is 7.36. The van der Waals surface area contributed by atoms with Crippen molar-refractivity contribution in [3.8, 4) is 5.88 Å². The van der Waals surface area contributed by atoms with Crippen LogP contribution in [-0.2, 0) is 22.9 Å². The van der Waals surface area contributed by atoms with Gasteiger partial charge in [-0.1, -0.05) is 13.8 Å². The maximum absolute atomic E-state index is 16.4. The highest BCUT2D eigenvalue weighted by atomic mass is 31.2. The summed E-state index contributed by atoms with van der Waals surface area (Å²) in [6.07, 6.45) is 0.422. The molecular formula is C18H25FN5O6P. The van der Waals surface area contributed by atoms with Crippen molar-refractivity contribution in [3.63, 3.8) is 0 Å². The monoisotopic (exact) mass is 457 g/mol. The molecule has 3 aliphatic rings. The summed E-state index contributed by atoms with van der Waals surface area (Å²) in [7, 11) is -3.93. The topological polar surface area (TPSA) is 133 Å². The minimum atomic E-state index is -3.93. The van der Waals surface area contributed by atoms with Gasteiger partial charge in [0.15, 0.2) is 28.7 Å². The van der Waals surface area contributed by atoms with Crippen LogP contribution in [0.3, 0.4) is 0 Å². The van der Waals surface area contributed by atoms with Gasteiger partial charge in [0.05, 0.1) is 26.1 Å². The Hall–Kier alpha value is -1.85. The fourth-order valence-corrected chi connectivity index (χ4v) is 6.20. The molecule has 5 rings (SSSR count). The molecule has 2 saturated heterocycles. The predicted octanol–water partition coefficient (Wildman–Crippen LogP) is 2.77. The number of nitrogen functional groups attached to an aromatic ring is 1. The van der Waals surface area contributed by atoms with Crippen LogP contribution in [0.2, 0.25) is 0 Å². The number of rotatable bonds is 6. The maximum atomic E-state index is 16.4. The Bertz CT molecular complexity index is 1090. The predicted molar refractivity (Wildman–Crippen MR) is 106 cm³/mol. The zero-order valence-electron chi connectivity index (χ0n) is 17.7. The minimum absolute atomic E-state index is 0.0404. The number of phosphoric ester groups is 1. The largest absolute Gasteiger partial charge is 0.476 e. The zero-order chi connectivity index (χ0) is 22.2. The van der Waals surface area contributed by atoms with Gasteiger partial charge in [-0.25, -0.2) is 13.9 Å². The van der Waals surface area contributed by atoms with Gasteiger partial charge in [-0.05, 0) is 19.8 Å². The summed E-state index contributed by atoms with van der Waals surface area (Å²) in [5, 5.41) is 0. The Morgan fingerprint density at radius 2 is 2.23 bits per heavy atom. The van der Waals surface area contributed by atoms with E-state index in [9.17, 15) is 4.57 Å². The molecular weight excluding hydrogens is 432 g/mol. The van der Waals surface area contributed by atoms with Crippen LogP contribution in [0.15, 0.2) is 6.33 Å². The Kier molecular flexibility index (Phi) is 4.46. The minimum Gasteiger partial charge on any atom is -0.476 e. The number of hydrogen-bond acceptors (Lipinski definition) is 10. The smallest absolute Gasteiger partial charge is 0.475 e. The SMILES string of the molecule is CCOc1nc(N)nc2c1ncn2[C@@H]1O[C@]23COP(=O)(OCC(C)C)O[C@@]2(C3)[C@@]1(C)F. The number of fused-ring (bicyclic) bond motifs is 1. The molecule has 2 aliphatic heterocycles. The summed E-state index contributed by atoms with van der Waals surface area (Å²) < 4.78 is 59.0. The van der Waals surface area contributed by atoms with E-state index in [0.29, 0.717) is 12.1 Å². The number of anilines is 1. The van der Waals surface area contributed by atoms with E-state index in [2.05, 4.69) is 15.0 Å². The molecule has 1 saturated carbocycles. The van der Waals surface area contributed by atoms with Crippen molar-refractivity contribution < 1.29 is 32.0 Å². The quantitative estimate of drug-likeness (QED) is 0.646. The van der Waals surface area contributed by atoms with E-state index in [1.807, 2.05) is 13.8 Å². The summed E-state index contributed by atoms with van der Waals surface area (Å²) in [5.41, 5.74) is 1.78.